The van der Waals surface area contributed by atoms with E-state index in [4.69, 9.17) is 5.73 Å². The van der Waals surface area contributed by atoms with Crippen LogP contribution in [0.5, 0.6) is 0 Å². The first-order chi connectivity index (χ1) is 7.50. The van der Waals surface area contributed by atoms with Gasteiger partial charge in [-0.05, 0) is 6.07 Å². The van der Waals surface area contributed by atoms with Gasteiger partial charge >= 0.3 is 0 Å². The van der Waals surface area contributed by atoms with Gasteiger partial charge < -0.3 is 16.4 Å². The van der Waals surface area contributed by atoms with Crippen molar-refractivity contribution in [3.63, 3.8) is 0 Å². The number of nitrogens with two attached hydrogens (primary N) is 1. The van der Waals surface area contributed by atoms with Crippen molar-refractivity contribution in [1.29, 1.82) is 0 Å². The molecule has 1 rings (SSSR count). The zero-order valence-electron chi connectivity index (χ0n) is 8.81. The molecule has 0 heterocycles. The highest BCUT2D eigenvalue weighted by Gasteiger charge is 2.07. The van der Waals surface area contributed by atoms with Crippen LogP contribution in [-0.2, 0) is 4.79 Å². The molecule has 1 aromatic carbocycles. The highest BCUT2D eigenvalue weighted by molar-refractivity contribution is 5.73. The molecular weight excluding hydrogens is 216 g/mol. The van der Waals surface area contributed by atoms with Gasteiger partial charge in [-0.1, -0.05) is 0 Å². The lowest BCUT2D eigenvalue weighted by atomic mass is 10.2. The molecule has 16 heavy (non-hydrogen) atoms. The monoisotopic (exact) mass is 229 g/mol. The van der Waals surface area contributed by atoms with Crippen LogP contribution in [0.4, 0.5) is 20.2 Å². The molecule has 0 aliphatic heterocycles. The minimum atomic E-state index is -0.804. The molecule has 0 spiro atoms. The Hall–Kier alpha value is -1.85. The Labute approximate surface area is 91.8 Å². The summed E-state index contributed by atoms with van der Waals surface area (Å²) in [5.74, 6) is -1.67. The van der Waals surface area contributed by atoms with Gasteiger partial charge in [-0.2, -0.15) is 0 Å². The predicted molar refractivity (Wildman–Crippen MR) is 57.9 cm³/mol. The maximum Gasteiger partial charge on any atom is 0.216 e. The Kier molecular flexibility index (Phi) is 4.04. The van der Waals surface area contributed by atoms with Gasteiger partial charge in [0.05, 0.1) is 11.4 Å². The number of carbonyl (C=O) groups excluding carboxylic acids is 1. The second-order valence-electron chi connectivity index (χ2n) is 3.26. The summed E-state index contributed by atoms with van der Waals surface area (Å²) >= 11 is 0. The van der Waals surface area contributed by atoms with Gasteiger partial charge in [0.2, 0.25) is 5.91 Å². The second-order valence-corrected chi connectivity index (χ2v) is 3.26. The van der Waals surface area contributed by atoms with Crippen LogP contribution in [0.25, 0.3) is 0 Å². The number of hydrogen-bond donors (Lipinski definition) is 3. The average molecular weight is 229 g/mol. The van der Waals surface area contributed by atoms with Crippen LogP contribution in [0, 0.1) is 11.6 Å². The van der Waals surface area contributed by atoms with E-state index in [1.807, 2.05) is 0 Å². The SMILES string of the molecule is CC(=O)NCCNc1cc(F)cc(F)c1N. The van der Waals surface area contributed by atoms with Crippen LogP contribution in [0.15, 0.2) is 12.1 Å². The van der Waals surface area contributed by atoms with E-state index < -0.39 is 11.6 Å². The second kappa shape index (κ2) is 5.29. The topological polar surface area (TPSA) is 67.2 Å². The molecule has 0 bridgehead atoms. The van der Waals surface area contributed by atoms with E-state index in [0.717, 1.165) is 6.07 Å². The zero-order chi connectivity index (χ0) is 12.1. The minimum Gasteiger partial charge on any atom is -0.395 e. The number of nitrogen functional groups attached to an aromatic ring is 1. The summed E-state index contributed by atoms with van der Waals surface area (Å²) in [6.45, 7) is 2.08. The summed E-state index contributed by atoms with van der Waals surface area (Å²) in [5.41, 5.74) is 5.45. The Morgan fingerprint density at radius 1 is 1.38 bits per heavy atom. The molecule has 0 aromatic heterocycles. The first kappa shape index (κ1) is 12.2. The summed E-state index contributed by atoms with van der Waals surface area (Å²) in [7, 11) is 0. The quantitative estimate of drug-likeness (QED) is 0.535. The molecule has 0 radical (unpaired) electrons. The van der Waals surface area contributed by atoms with E-state index in [-0.39, 0.29) is 17.3 Å². The number of anilines is 2. The van der Waals surface area contributed by atoms with Gasteiger partial charge in [0.25, 0.3) is 0 Å². The summed E-state index contributed by atoms with van der Waals surface area (Å²) in [4.78, 5) is 10.5. The number of benzene rings is 1. The van der Waals surface area contributed by atoms with E-state index in [1.54, 1.807) is 0 Å². The predicted octanol–water partition coefficient (Wildman–Crippen LogP) is 1.09. The van der Waals surface area contributed by atoms with Gasteiger partial charge in [0.1, 0.15) is 5.82 Å². The van der Waals surface area contributed by atoms with Crippen molar-refractivity contribution < 1.29 is 13.6 Å². The molecular formula is C10H13F2N3O. The third kappa shape index (κ3) is 3.38. The number of rotatable bonds is 4. The van der Waals surface area contributed by atoms with Gasteiger partial charge in [0, 0.05) is 26.1 Å². The van der Waals surface area contributed by atoms with Crippen LogP contribution >= 0.6 is 0 Å². The molecule has 0 unspecified atom stereocenters. The van der Waals surface area contributed by atoms with Crippen molar-refractivity contribution in [1.82, 2.24) is 5.32 Å². The van der Waals surface area contributed by atoms with Gasteiger partial charge in [0.15, 0.2) is 5.82 Å². The van der Waals surface area contributed by atoms with Gasteiger partial charge in [-0.25, -0.2) is 8.78 Å². The van der Waals surface area contributed by atoms with E-state index in [9.17, 15) is 13.6 Å². The number of nitrogens with one attached hydrogen (secondary N) is 2. The molecule has 1 amide bonds. The van der Waals surface area contributed by atoms with Crippen molar-refractivity contribution in [2.24, 2.45) is 0 Å². The van der Waals surface area contributed by atoms with Crippen LogP contribution in [-0.4, -0.2) is 19.0 Å². The van der Waals surface area contributed by atoms with Crippen LogP contribution in [0.2, 0.25) is 0 Å². The Balaban J connectivity index is 2.57. The molecule has 88 valence electrons. The maximum absolute atomic E-state index is 13.0. The lowest BCUT2D eigenvalue weighted by Crippen LogP contribution is -2.26. The lowest BCUT2D eigenvalue weighted by Gasteiger charge is -2.10. The van der Waals surface area contributed by atoms with E-state index in [1.165, 1.54) is 6.92 Å². The van der Waals surface area contributed by atoms with Crippen molar-refractivity contribution in [3.8, 4) is 0 Å². The zero-order valence-corrected chi connectivity index (χ0v) is 8.81. The van der Waals surface area contributed by atoms with Gasteiger partial charge in [-0.3, -0.25) is 4.79 Å². The van der Waals surface area contributed by atoms with Crippen LogP contribution in [0.3, 0.4) is 0 Å². The molecule has 0 atom stereocenters. The smallest absolute Gasteiger partial charge is 0.216 e. The number of carbonyl (C=O) groups is 1. The fraction of sp³-hybridized carbons (Fsp3) is 0.300. The third-order valence-electron chi connectivity index (χ3n) is 1.91. The fourth-order valence-electron chi connectivity index (χ4n) is 1.17. The fourth-order valence-corrected chi connectivity index (χ4v) is 1.17. The van der Waals surface area contributed by atoms with Crippen molar-refractivity contribution in [2.75, 3.05) is 24.1 Å². The molecule has 0 saturated heterocycles. The minimum absolute atomic E-state index is 0.135. The van der Waals surface area contributed by atoms with Crippen LogP contribution < -0.4 is 16.4 Å². The summed E-state index contributed by atoms with van der Waals surface area (Å²) in [6.07, 6.45) is 0. The third-order valence-corrected chi connectivity index (χ3v) is 1.91. The molecule has 0 saturated carbocycles. The lowest BCUT2D eigenvalue weighted by molar-refractivity contribution is -0.118. The molecule has 0 fully saturated rings. The highest BCUT2D eigenvalue weighted by Crippen LogP contribution is 2.22. The maximum atomic E-state index is 13.0. The normalized spacial score (nSPS) is 9.94. The number of hydrogen-bond acceptors (Lipinski definition) is 3. The van der Waals surface area contributed by atoms with E-state index >= 15 is 0 Å². The van der Waals surface area contributed by atoms with E-state index in [0.29, 0.717) is 19.2 Å². The summed E-state index contributed by atoms with van der Waals surface area (Å²) in [6, 6.07) is 1.82. The molecule has 0 aliphatic carbocycles. The molecule has 6 heteroatoms. The standard InChI is InChI=1S/C10H13F2N3O/c1-6(16)14-2-3-15-9-5-7(11)4-8(12)10(9)13/h4-5,15H,2-3,13H2,1H3,(H,14,16). The summed E-state index contributed by atoms with van der Waals surface area (Å²) in [5, 5.41) is 5.26. The first-order valence-corrected chi connectivity index (χ1v) is 4.73. The van der Waals surface area contributed by atoms with Crippen molar-refractivity contribution >= 4 is 17.3 Å². The van der Waals surface area contributed by atoms with E-state index in [2.05, 4.69) is 10.6 Å². The summed E-state index contributed by atoms with van der Waals surface area (Å²) < 4.78 is 25.8. The van der Waals surface area contributed by atoms with Crippen molar-refractivity contribution in [3.05, 3.63) is 23.8 Å². The van der Waals surface area contributed by atoms with Crippen LogP contribution in [0.1, 0.15) is 6.92 Å². The Bertz CT molecular complexity index is 396. The molecule has 4 N–H and O–H groups in total. The number of halogens is 2. The Morgan fingerprint density at radius 2 is 2.06 bits per heavy atom. The molecule has 1 aromatic rings. The molecule has 4 nitrogen and oxygen atoms in total. The van der Waals surface area contributed by atoms with Crippen molar-refractivity contribution in [2.45, 2.75) is 6.92 Å². The number of amides is 1. The first-order valence-electron chi connectivity index (χ1n) is 4.73. The molecule has 0 aliphatic rings. The van der Waals surface area contributed by atoms with Gasteiger partial charge in [-0.15, -0.1) is 0 Å². The highest BCUT2D eigenvalue weighted by atomic mass is 19.1. The average Bonchev–Trinajstić information content (AvgIpc) is 2.19. The largest absolute Gasteiger partial charge is 0.395 e. The Morgan fingerprint density at radius 3 is 2.69 bits per heavy atom.